The summed E-state index contributed by atoms with van der Waals surface area (Å²) < 4.78 is 40.9. The normalized spacial score (nSPS) is 21.0. The van der Waals surface area contributed by atoms with E-state index in [4.69, 9.17) is 0 Å². The minimum Gasteiger partial charge on any atom is -0.367 e. The highest BCUT2D eigenvalue weighted by molar-refractivity contribution is 5.86. The molecule has 0 spiro atoms. The molecule has 3 aliphatic rings. The summed E-state index contributed by atoms with van der Waals surface area (Å²) in [5, 5.41) is 14.7. The summed E-state index contributed by atoms with van der Waals surface area (Å²) in [5.41, 5.74) is 6.06. The molecule has 1 aromatic carbocycles. The summed E-state index contributed by atoms with van der Waals surface area (Å²) in [6, 6.07) is 9.19. The largest absolute Gasteiger partial charge is 0.401 e. The van der Waals surface area contributed by atoms with Gasteiger partial charge in [-0.25, -0.2) is 9.97 Å². The maximum Gasteiger partial charge on any atom is 0.401 e. The lowest BCUT2D eigenvalue weighted by molar-refractivity contribution is -0.147. The van der Waals surface area contributed by atoms with Crippen LogP contribution >= 0.6 is 0 Å². The first kappa shape index (κ1) is 30.8. The third-order valence-corrected chi connectivity index (χ3v) is 9.77. The molecule has 6 rings (SSSR count). The molecule has 236 valence electrons. The minimum atomic E-state index is -4.21. The molecule has 2 aromatic heterocycles. The first-order valence-electron chi connectivity index (χ1n) is 16.0. The lowest BCUT2D eigenvalue weighted by atomic mass is 10.00. The Kier molecular flexibility index (Phi) is 9.13. The highest BCUT2D eigenvalue weighted by atomic mass is 19.4. The van der Waals surface area contributed by atoms with Gasteiger partial charge in [-0.15, -0.1) is 0 Å². The van der Waals surface area contributed by atoms with Crippen LogP contribution in [0.15, 0.2) is 24.5 Å². The maximum absolute atomic E-state index is 12.9. The van der Waals surface area contributed by atoms with E-state index in [9.17, 15) is 18.4 Å². The van der Waals surface area contributed by atoms with E-state index in [2.05, 4.69) is 67.8 Å². The summed E-state index contributed by atoms with van der Waals surface area (Å²) in [4.78, 5) is 15.2. The highest BCUT2D eigenvalue weighted by Crippen LogP contribution is 2.30. The minimum absolute atomic E-state index is 0.200. The van der Waals surface area contributed by atoms with E-state index in [0.717, 1.165) is 87.2 Å². The van der Waals surface area contributed by atoms with Crippen LogP contribution in [0.25, 0.3) is 10.9 Å². The Bertz CT molecular complexity index is 1500. The molecule has 5 heterocycles. The Labute approximate surface area is 257 Å². The summed E-state index contributed by atoms with van der Waals surface area (Å²) in [5.74, 6) is 1.51. The third kappa shape index (κ3) is 7.03. The van der Waals surface area contributed by atoms with E-state index in [1.807, 2.05) is 0 Å². The van der Waals surface area contributed by atoms with Gasteiger partial charge in [-0.05, 0) is 74.8 Å². The van der Waals surface area contributed by atoms with E-state index in [1.165, 1.54) is 40.6 Å². The molecule has 44 heavy (non-hydrogen) atoms. The van der Waals surface area contributed by atoms with Gasteiger partial charge in [0.25, 0.3) is 0 Å². The summed E-state index contributed by atoms with van der Waals surface area (Å²) in [7, 11) is 0. The number of hydrogen-bond acceptors (Lipinski definition) is 7. The second kappa shape index (κ2) is 13.0. The molecule has 11 heteroatoms. The Balaban J connectivity index is 1.06. The van der Waals surface area contributed by atoms with E-state index >= 15 is 0 Å². The molecule has 2 saturated heterocycles. The number of hydrogen-bond donors (Lipinski definition) is 1. The molecule has 0 radical (unpaired) electrons. The Morgan fingerprint density at radius 1 is 1.02 bits per heavy atom. The quantitative estimate of drug-likeness (QED) is 0.370. The molecule has 3 aliphatic heterocycles. The van der Waals surface area contributed by atoms with Gasteiger partial charge in [0.15, 0.2) is 0 Å². The van der Waals surface area contributed by atoms with E-state index in [0.29, 0.717) is 18.7 Å². The van der Waals surface area contributed by atoms with Crippen molar-refractivity contribution in [3.8, 4) is 6.07 Å². The Morgan fingerprint density at radius 2 is 1.84 bits per heavy atom. The molecule has 0 aliphatic carbocycles. The van der Waals surface area contributed by atoms with Crippen LogP contribution in [0.1, 0.15) is 60.7 Å². The van der Waals surface area contributed by atoms with Gasteiger partial charge in [-0.2, -0.15) is 18.4 Å². The molecule has 0 saturated carbocycles. The Hall–Kier alpha value is -3.20. The van der Waals surface area contributed by atoms with Gasteiger partial charge in [-0.3, -0.25) is 9.80 Å². The molecule has 8 nitrogen and oxygen atoms in total. The van der Waals surface area contributed by atoms with Gasteiger partial charge in [0.05, 0.1) is 12.2 Å². The van der Waals surface area contributed by atoms with Gasteiger partial charge >= 0.3 is 6.18 Å². The van der Waals surface area contributed by atoms with Crippen molar-refractivity contribution in [1.29, 1.82) is 5.26 Å². The first-order chi connectivity index (χ1) is 21.2. The van der Waals surface area contributed by atoms with Crippen molar-refractivity contribution >= 4 is 16.7 Å². The topological polar surface area (TPSA) is 76.2 Å². The number of anilines is 1. The van der Waals surface area contributed by atoms with Crippen molar-refractivity contribution in [3.05, 3.63) is 52.6 Å². The van der Waals surface area contributed by atoms with E-state index < -0.39 is 12.7 Å². The maximum atomic E-state index is 12.9. The third-order valence-electron chi connectivity index (χ3n) is 9.77. The van der Waals surface area contributed by atoms with Crippen LogP contribution in [0.2, 0.25) is 0 Å². The fraction of sp³-hybridized carbons (Fsp3) is 0.606. The number of piperidine rings is 2. The van der Waals surface area contributed by atoms with Crippen LogP contribution < -0.4 is 5.32 Å². The second-order valence-corrected chi connectivity index (χ2v) is 13.0. The smallest absolute Gasteiger partial charge is 0.367 e. The lowest BCUT2D eigenvalue weighted by Gasteiger charge is -2.34. The molecular formula is C33H43F3N8. The lowest BCUT2D eigenvalue weighted by Crippen LogP contribution is -2.40. The van der Waals surface area contributed by atoms with Crippen LogP contribution in [0.5, 0.6) is 0 Å². The number of halogens is 3. The zero-order chi connectivity index (χ0) is 30.8. The molecule has 1 N–H and O–H groups in total. The fourth-order valence-electron chi connectivity index (χ4n) is 7.35. The van der Waals surface area contributed by atoms with Crippen molar-refractivity contribution in [2.45, 2.75) is 77.8 Å². The van der Waals surface area contributed by atoms with Crippen LogP contribution in [0.3, 0.4) is 0 Å². The number of aryl methyl sites for hydroxylation is 1. The van der Waals surface area contributed by atoms with Crippen LogP contribution in [-0.2, 0) is 26.1 Å². The van der Waals surface area contributed by atoms with Gasteiger partial charge < -0.3 is 14.8 Å². The summed E-state index contributed by atoms with van der Waals surface area (Å²) >= 11 is 0. The van der Waals surface area contributed by atoms with Crippen LogP contribution in [0, 0.1) is 24.2 Å². The monoisotopic (exact) mass is 608 g/mol. The number of likely N-dealkylation sites (tertiary alicyclic amines) is 2. The number of nitriles is 1. The van der Waals surface area contributed by atoms with Crippen molar-refractivity contribution in [3.63, 3.8) is 0 Å². The predicted octanol–water partition coefficient (Wildman–Crippen LogP) is 5.34. The van der Waals surface area contributed by atoms with Gasteiger partial charge in [0.2, 0.25) is 0 Å². The number of nitrogens with one attached hydrogen (secondary N) is 1. The standard InChI is InChI=1S/C33H43F3N8/c1-23-4-3-10-41(18-23)14-15-44-27(17-37)16-29-24(2)25(5-6-31(29)44)19-42-11-7-26(8-12-42)40-32-28-9-13-43(21-33(34,35)36)20-30(28)38-22-39-32/h5-6,16,22-23,26H,3-4,7-15,18-21H2,1-2H3,(H,38,39,40). The van der Waals surface area contributed by atoms with Crippen LogP contribution in [-0.4, -0.2) is 87.3 Å². The number of rotatable bonds is 8. The SMILES string of the molecule is Cc1c(CN2CCC(Nc3ncnc4c3CCN(CC(F)(F)F)C4)CC2)ccc2c1cc(C#N)n2CCN1CCCC(C)C1. The van der Waals surface area contributed by atoms with Gasteiger partial charge in [-0.1, -0.05) is 13.0 Å². The molecule has 1 atom stereocenters. The van der Waals surface area contributed by atoms with Gasteiger partial charge in [0, 0.05) is 74.9 Å². The van der Waals surface area contributed by atoms with Gasteiger partial charge in [0.1, 0.15) is 23.9 Å². The molecule has 3 aromatic rings. The van der Waals surface area contributed by atoms with E-state index in [-0.39, 0.29) is 12.6 Å². The first-order valence-corrected chi connectivity index (χ1v) is 16.0. The number of benzene rings is 1. The average molecular weight is 609 g/mol. The molecule has 0 bridgehead atoms. The van der Waals surface area contributed by atoms with E-state index in [1.54, 1.807) is 0 Å². The zero-order valence-electron chi connectivity index (χ0n) is 25.8. The van der Waals surface area contributed by atoms with Crippen molar-refractivity contribution < 1.29 is 13.2 Å². The second-order valence-electron chi connectivity index (χ2n) is 13.0. The Morgan fingerprint density at radius 3 is 2.59 bits per heavy atom. The number of fused-ring (bicyclic) bond motifs is 2. The van der Waals surface area contributed by atoms with Crippen molar-refractivity contribution in [1.82, 2.24) is 29.2 Å². The summed E-state index contributed by atoms with van der Waals surface area (Å²) in [6.07, 6.45) is 2.26. The number of alkyl halides is 3. The van der Waals surface area contributed by atoms with Crippen LogP contribution in [0.4, 0.5) is 19.0 Å². The zero-order valence-corrected chi connectivity index (χ0v) is 25.8. The fourth-order valence-corrected chi connectivity index (χ4v) is 7.35. The number of nitrogens with zero attached hydrogens (tertiary/aromatic N) is 7. The molecule has 1 unspecified atom stereocenters. The van der Waals surface area contributed by atoms with Crippen molar-refractivity contribution in [2.24, 2.45) is 5.92 Å². The number of aromatic nitrogens is 3. The average Bonchev–Trinajstić information content (AvgIpc) is 3.36. The summed E-state index contributed by atoms with van der Waals surface area (Å²) in [6.45, 7) is 11.0. The predicted molar refractivity (Wildman–Crippen MR) is 165 cm³/mol. The molecular weight excluding hydrogens is 565 g/mol. The van der Waals surface area contributed by atoms with Crippen molar-refractivity contribution in [2.75, 3.05) is 51.1 Å². The molecule has 2 fully saturated rings. The highest BCUT2D eigenvalue weighted by Gasteiger charge is 2.33. The molecule has 0 amide bonds.